The Morgan fingerprint density at radius 3 is 2.53 bits per heavy atom. The van der Waals surface area contributed by atoms with E-state index in [9.17, 15) is 4.79 Å². The monoisotopic (exact) mass is 210 g/mol. The lowest BCUT2D eigenvalue weighted by atomic mass is 9.88. The lowest BCUT2D eigenvalue weighted by molar-refractivity contribution is -0.139. The number of hydrogen-bond acceptors (Lipinski definition) is 2. The van der Waals surface area contributed by atoms with Crippen molar-refractivity contribution >= 4 is 5.91 Å². The van der Waals surface area contributed by atoms with Gasteiger partial charge in [0.2, 0.25) is 5.91 Å². The molecule has 2 fully saturated rings. The number of carbonyl (C=O) groups excluding carboxylic acids is 1. The number of nitrogens with two attached hydrogens (primary N) is 1. The van der Waals surface area contributed by atoms with E-state index in [4.69, 9.17) is 5.73 Å². The molecule has 3 nitrogen and oxygen atoms in total. The second-order valence-electron chi connectivity index (χ2n) is 5.48. The van der Waals surface area contributed by atoms with Gasteiger partial charge in [0.15, 0.2) is 0 Å². The zero-order valence-electron chi connectivity index (χ0n) is 9.83. The molecule has 1 heterocycles. The van der Waals surface area contributed by atoms with Gasteiger partial charge in [-0.15, -0.1) is 0 Å². The molecule has 0 aromatic carbocycles. The van der Waals surface area contributed by atoms with Crippen LogP contribution in [-0.4, -0.2) is 30.4 Å². The number of likely N-dealkylation sites (tertiary alicyclic amines) is 1. The standard InChI is InChI=1S/C12H22N2O/c1-9-3-6-14(7-10(9)2)11(15)12(8-13)4-5-12/h9-10H,3-8,13H2,1-2H3. The highest BCUT2D eigenvalue weighted by Gasteiger charge is 2.50. The smallest absolute Gasteiger partial charge is 0.230 e. The molecule has 3 heteroatoms. The highest BCUT2D eigenvalue weighted by Crippen LogP contribution is 2.46. The van der Waals surface area contributed by atoms with Gasteiger partial charge in [-0.3, -0.25) is 4.79 Å². The van der Waals surface area contributed by atoms with Gasteiger partial charge in [0, 0.05) is 19.6 Å². The van der Waals surface area contributed by atoms with Crippen molar-refractivity contribution in [3.8, 4) is 0 Å². The highest BCUT2D eigenvalue weighted by atomic mass is 16.2. The number of nitrogens with zero attached hydrogens (tertiary/aromatic N) is 1. The van der Waals surface area contributed by atoms with Crippen LogP contribution in [0.15, 0.2) is 0 Å². The molecule has 1 saturated heterocycles. The Morgan fingerprint density at radius 2 is 2.07 bits per heavy atom. The fourth-order valence-electron chi connectivity index (χ4n) is 2.44. The molecule has 1 aliphatic heterocycles. The lowest BCUT2D eigenvalue weighted by Crippen LogP contribution is -2.47. The van der Waals surface area contributed by atoms with Crippen molar-refractivity contribution in [2.24, 2.45) is 23.0 Å². The summed E-state index contributed by atoms with van der Waals surface area (Å²) in [6, 6.07) is 0. The van der Waals surface area contributed by atoms with Crippen molar-refractivity contribution in [3.05, 3.63) is 0 Å². The van der Waals surface area contributed by atoms with Crippen molar-refractivity contribution in [3.63, 3.8) is 0 Å². The molecular formula is C12H22N2O. The summed E-state index contributed by atoms with van der Waals surface area (Å²) in [7, 11) is 0. The van der Waals surface area contributed by atoms with Gasteiger partial charge in [0.25, 0.3) is 0 Å². The summed E-state index contributed by atoms with van der Waals surface area (Å²) in [5, 5.41) is 0. The van der Waals surface area contributed by atoms with E-state index in [2.05, 4.69) is 13.8 Å². The van der Waals surface area contributed by atoms with E-state index >= 15 is 0 Å². The van der Waals surface area contributed by atoms with Gasteiger partial charge in [-0.1, -0.05) is 13.8 Å². The molecule has 2 N–H and O–H groups in total. The highest BCUT2D eigenvalue weighted by molar-refractivity contribution is 5.85. The average Bonchev–Trinajstić information content (AvgIpc) is 3.02. The zero-order chi connectivity index (χ0) is 11.1. The van der Waals surface area contributed by atoms with E-state index in [0.717, 1.165) is 38.3 Å². The molecular weight excluding hydrogens is 188 g/mol. The Labute approximate surface area is 92.0 Å². The van der Waals surface area contributed by atoms with Gasteiger partial charge in [0.05, 0.1) is 5.41 Å². The Kier molecular flexibility index (Phi) is 2.75. The molecule has 1 amide bonds. The van der Waals surface area contributed by atoms with Crippen LogP contribution in [0.3, 0.4) is 0 Å². The lowest BCUT2D eigenvalue weighted by Gasteiger charge is -2.37. The van der Waals surface area contributed by atoms with Crippen LogP contribution < -0.4 is 5.73 Å². The van der Waals surface area contributed by atoms with E-state index in [-0.39, 0.29) is 5.41 Å². The number of hydrogen-bond donors (Lipinski definition) is 1. The van der Waals surface area contributed by atoms with Gasteiger partial charge in [0.1, 0.15) is 0 Å². The summed E-state index contributed by atoms with van der Waals surface area (Å²) in [5.41, 5.74) is 5.54. The molecule has 2 unspecified atom stereocenters. The Bertz CT molecular complexity index is 260. The van der Waals surface area contributed by atoms with Crippen LogP contribution in [0.5, 0.6) is 0 Å². The van der Waals surface area contributed by atoms with Gasteiger partial charge < -0.3 is 10.6 Å². The quantitative estimate of drug-likeness (QED) is 0.745. The SMILES string of the molecule is CC1CCN(C(=O)C2(CN)CC2)CC1C. The normalized spacial score (nSPS) is 33.9. The summed E-state index contributed by atoms with van der Waals surface area (Å²) in [4.78, 5) is 14.3. The number of amides is 1. The Hall–Kier alpha value is -0.570. The molecule has 0 bridgehead atoms. The van der Waals surface area contributed by atoms with E-state index in [1.807, 2.05) is 4.90 Å². The predicted molar refractivity (Wildman–Crippen MR) is 60.2 cm³/mol. The fraction of sp³-hybridized carbons (Fsp3) is 0.917. The van der Waals surface area contributed by atoms with Crippen molar-refractivity contribution in [2.75, 3.05) is 19.6 Å². The molecule has 0 aromatic rings. The average molecular weight is 210 g/mol. The van der Waals surface area contributed by atoms with Crippen LogP contribution in [0.2, 0.25) is 0 Å². The molecule has 0 spiro atoms. The molecule has 1 saturated carbocycles. The minimum Gasteiger partial charge on any atom is -0.342 e. The summed E-state index contributed by atoms with van der Waals surface area (Å²) >= 11 is 0. The van der Waals surface area contributed by atoms with E-state index in [0.29, 0.717) is 18.4 Å². The van der Waals surface area contributed by atoms with Gasteiger partial charge in [-0.25, -0.2) is 0 Å². The van der Waals surface area contributed by atoms with Crippen molar-refractivity contribution in [1.29, 1.82) is 0 Å². The van der Waals surface area contributed by atoms with Crippen LogP contribution >= 0.6 is 0 Å². The molecule has 0 aromatic heterocycles. The number of carbonyl (C=O) groups is 1. The molecule has 2 aliphatic rings. The van der Waals surface area contributed by atoms with Crippen LogP contribution in [-0.2, 0) is 4.79 Å². The first-order chi connectivity index (χ1) is 7.09. The second kappa shape index (κ2) is 3.78. The first kappa shape index (κ1) is 10.9. The van der Waals surface area contributed by atoms with Crippen LogP contribution in [0, 0.1) is 17.3 Å². The van der Waals surface area contributed by atoms with E-state index in [1.165, 1.54) is 0 Å². The van der Waals surface area contributed by atoms with Crippen molar-refractivity contribution in [1.82, 2.24) is 4.90 Å². The molecule has 86 valence electrons. The Balaban J connectivity index is 1.97. The maximum absolute atomic E-state index is 12.2. The number of rotatable bonds is 2. The third kappa shape index (κ3) is 1.89. The third-order valence-corrected chi connectivity index (χ3v) is 4.32. The molecule has 2 rings (SSSR count). The summed E-state index contributed by atoms with van der Waals surface area (Å²) in [6.45, 7) is 6.93. The maximum atomic E-state index is 12.2. The fourth-order valence-corrected chi connectivity index (χ4v) is 2.44. The number of piperidine rings is 1. The Morgan fingerprint density at radius 1 is 1.40 bits per heavy atom. The minimum absolute atomic E-state index is 0.152. The van der Waals surface area contributed by atoms with Crippen molar-refractivity contribution in [2.45, 2.75) is 33.1 Å². The summed E-state index contributed by atoms with van der Waals surface area (Å²) in [6.07, 6.45) is 3.15. The molecule has 2 atom stereocenters. The van der Waals surface area contributed by atoms with E-state index < -0.39 is 0 Å². The zero-order valence-corrected chi connectivity index (χ0v) is 9.83. The maximum Gasteiger partial charge on any atom is 0.230 e. The van der Waals surface area contributed by atoms with Crippen molar-refractivity contribution < 1.29 is 4.79 Å². The van der Waals surface area contributed by atoms with Crippen LogP contribution in [0.4, 0.5) is 0 Å². The van der Waals surface area contributed by atoms with Crippen LogP contribution in [0.25, 0.3) is 0 Å². The topological polar surface area (TPSA) is 46.3 Å². The minimum atomic E-state index is -0.152. The first-order valence-corrected chi connectivity index (χ1v) is 6.08. The van der Waals surface area contributed by atoms with Crippen LogP contribution in [0.1, 0.15) is 33.1 Å². The third-order valence-electron chi connectivity index (χ3n) is 4.32. The van der Waals surface area contributed by atoms with Gasteiger partial charge in [-0.2, -0.15) is 0 Å². The molecule has 1 aliphatic carbocycles. The molecule has 15 heavy (non-hydrogen) atoms. The second-order valence-corrected chi connectivity index (χ2v) is 5.48. The van der Waals surface area contributed by atoms with Gasteiger partial charge >= 0.3 is 0 Å². The predicted octanol–water partition coefficient (Wildman–Crippen LogP) is 1.23. The van der Waals surface area contributed by atoms with Gasteiger partial charge in [-0.05, 0) is 31.1 Å². The largest absolute Gasteiger partial charge is 0.342 e. The van der Waals surface area contributed by atoms with E-state index in [1.54, 1.807) is 0 Å². The molecule has 0 radical (unpaired) electrons. The summed E-state index contributed by atoms with van der Waals surface area (Å²) < 4.78 is 0. The first-order valence-electron chi connectivity index (χ1n) is 6.08. The summed E-state index contributed by atoms with van der Waals surface area (Å²) in [5.74, 6) is 1.71.